The molecule has 0 spiro atoms. The van der Waals surface area contributed by atoms with Crippen LogP contribution in [0.25, 0.3) is 0 Å². The van der Waals surface area contributed by atoms with Crippen LogP contribution >= 0.6 is 0 Å². The van der Waals surface area contributed by atoms with Crippen LogP contribution in [-0.2, 0) is 0 Å². The van der Waals surface area contributed by atoms with Crippen LogP contribution in [0.3, 0.4) is 0 Å². The summed E-state index contributed by atoms with van der Waals surface area (Å²) in [5.41, 5.74) is 0.186. The average Bonchev–Trinajstić information content (AvgIpc) is 2.50. The lowest BCUT2D eigenvalue weighted by Gasteiger charge is -2.35. The fourth-order valence-electron chi connectivity index (χ4n) is 2.90. The maximum Gasteiger partial charge on any atom is 0.134 e. The molecular formula is C16H24F2N2O. The summed E-state index contributed by atoms with van der Waals surface area (Å²) in [7, 11) is 1.42. The van der Waals surface area contributed by atoms with Crippen molar-refractivity contribution in [3.63, 3.8) is 0 Å². The summed E-state index contributed by atoms with van der Waals surface area (Å²) in [6.45, 7) is 5.46. The lowest BCUT2D eigenvalue weighted by Crippen LogP contribution is -2.45. The number of piperazine rings is 1. The highest BCUT2D eigenvalue weighted by Gasteiger charge is 2.27. The van der Waals surface area contributed by atoms with Gasteiger partial charge in [0.1, 0.15) is 17.4 Å². The summed E-state index contributed by atoms with van der Waals surface area (Å²) in [4.78, 5) is 2.18. The summed E-state index contributed by atoms with van der Waals surface area (Å²) < 4.78 is 33.7. The molecule has 118 valence electrons. The number of methoxy groups -OCH3 is 1. The Balaban J connectivity index is 2.30. The Morgan fingerprint density at radius 3 is 2.38 bits per heavy atom. The second-order valence-corrected chi connectivity index (χ2v) is 5.45. The minimum atomic E-state index is -0.508. The molecule has 3 nitrogen and oxygen atoms in total. The van der Waals surface area contributed by atoms with Crippen molar-refractivity contribution in [1.29, 1.82) is 0 Å². The second-order valence-electron chi connectivity index (χ2n) is 5.45. The van der Waals surface area contributed by atoms with Gasteiger partial charge in [0, 0.05) is 49.9 Å². The SMILES string of the molecule is CCCC[C@H](c1c(F)cc(OC)cc1F)N1CCNCC1. The molecule has 0 saturated carbocycles. The number of ether oxygens (including phenoxy) is 1. The summed E-state index contributed by atoms with van der Waals surface area (Å²) in [5, 5.41) is 3.28. The van der Waals surface area contributed by atoms with Gasteiger partial charge in [-0.05, 0) is 6.42 Å². The Kier molecular flexibility index (Phi) is 5.94. The first-order valence-electron chi connectivity index (χ1n) is 7.65. The molecule has 0 aromatic heterocycles. The summed E-state index contributed by atoms with van der Waals surface area (Å²) in [5.74, 6) is -0.790. The van der Waals surface area contributed by atoms with Gasteiger partial charge in [-0.2, -0.15) is 0 Å². The molecular weight excluding hydrogens is 274 g/mol. The Bertz CT molecular complexity index is 439. The Morgan fingerprint density at radius 2 is 1.86 bits per heavy atom. The zero-order valence-corrected chi connectivity index (χ0v) is 12.8. The number of hydrogen-bond acceptors (Lipinski definition) is 3. The number of unbranched alkanes of at least 4 members (excludes halogenated alkanes) is 1. The van der Waals surface area contributed by atoms with Crippen LogP contribution in [0.5, 0.6) is 5.75 Å². The third kappa shape index (κ3) is 3.92. The average molecular weight is 298 g/mol. The number of rotatable bonds is 6. The van der Waals surface area contributed by atoms with Gasteiger partial charge in [-0.15, -0.1) is 0 Å². The van der Waals surface area contributed by atoms with Gasteiger partial charge in [0.15, 0.2) is 0 Å². The Labute approximate surface area is 125 Å². The van der Waals surface area contributed by atoms with Crippen molar-refractivity contribution in [3.05, 3.63) is 29.3 Å². The third-order valence-electron chi connectivity index (χ3n) is 4.04. The molecule has 0 unspecified atom stereocenters. The highest BCUT2D eigenvalue weighted by atomic mass is 19.1. The van der Waals surface area contributed by atoms with E-state index in [4.69, 9.17) is 4.74 Å². The molecule has 1 N–H and O–H groups in total. The summed E-state index contributed by atoms with van der Waals surface area (Å²) in [6.07, 6.45) is 2.75. The van der Waals surface area contributed by atoms with Gasteiger partial charge >= 0.3 is 0 Å². The van der Waals surface area contributed by atoms with E-state index in [0.717, 1.165) is 45.4 Å². The molecule has 1 atom stereocenters. The quantitative estimate of drug-likeness (QED) is 0.873. The van der Waals surface area contributed by atoms with E-state index in [1.165, 1.54) is 19.2 Å². The molecule has 0 bridgehead atoms. The summed E-state index contributed by atoms with van der Waals surface area (Å²) in [6, 6.07) is 2.36. The van der Waals surface area contributed by atoms with Crippen LogP contribution in [0.15, 0.2) is 12.1 Å². The fourth-order valence-corrected chi connectivity index (χ4v) is 2.90. The monoisotopic (exact) mass is 298 g/mol. The zero-order chi connectivity index (χ0) is 15.2. The third-order valence-corrected chi connectivity index (χ3v) is 4.04. The molecule has 1 heterocycles. The Hall–Kier alpha value is -1.20. The molecule has 1 saturated heterocycles. The van der Waals surface area contributed by atoms with Crippen molar-refractivity contribution in [2.45, 2.75) is 32.2 Å². The predicted molar refractivity (Wildman–Crippen MR) is 79.6 cm³/mol. The van der Waals surface area contributed by atoms with Gasteiger partial charge in [-0.25, -0.2) is 8.78 Å². The largest absolute Gasteiger partial charge is 0.497 e. The van der Waals surface area contributed by atoms with Crippen molar-refractivity contribution < 1.29 is 13.5 Å². The van der Waals surface area contributed by atoms with Crippen molar-refractivity contribution in [2.75, 3.05) is 33.3 Å². The van der Waals surface area contributed by atoms with Crippen molar-refractivity contribution in [2.24, 2.45) is 0 Å². The van der Waals surface area contributed by atoms with Gasteiger partial charge in [0.25, 0.3) is 0 Å². The van der Waals surface area contributed by atoms with Crippen molar-refractivity contribution in [1.82, 2.24) is 10.2 Å². The molecule has 0 radical (unpaired) electrons. The molecule has 1 fully saturated rings. The topological polar surface area (TPSA) is 24.5 Å². The minimum Gasteiger partial charge on any atom is -0.497 e. The highest BCUT2D eigenvalue weighted by molar-refractivity contribution is 5.32. The standard InChI is InChI=1S/C16H24F2N2O/c1-3-4-5-15(20-8-6-19-7-9-20)16-13(17)10-12(21-2)11-14(16)18/h10-11,15,19H,3-9H2,1-2H3/t15-/m1/s1. The van der Waals surface area contributed by atoms with E-state index >= 15 is 0 Å². The predicted octanol–water partition coefficient (Wildman–Crippen LogP) is 3.11. The van der Waals surface area contributed by atoms with Gasteiger partial charge in [0.05, 0.1) is 7.11 Å². The molecule has 2 rings (SSSR count). The normalized spacial score (nSPS) is 17.7. The second kappa shape index (κ2) is 7.71. The molecule has 1 aliphatic heterocycles. The lowest BCUT2D eigenvalue weighted by atomic mass is 9.97. The van der Waals surface area contributed by atoms with E-state index < -0.39 is 11.6 Å². The van der Waals surface area contributed by atoms with E-state index in [-0.39, 0.29) is 17.4 Å². The zero-order valence-electron chi connectivity index (χ0n) is 12.8. The molecule has 1 aromatic rings. The minimum absolute atomic E-state index is 0.186. The van der Waals surface area contributed by atoms with Gasteiger partial charge in [-0.3, -0.25) is 4.90 Å². The van der Waals surface area contributed by atoms with Crippen LogP contribution in [0, 0.1) is 11.6 Å². The highest BCUT2D eigenvalue weighted by Crippen LogP contribution is 2.33. The molecule has 1 aliphatic rings. The lowest BCUT2D eigenvalue weighted by molar-refractivity contribution is 0.156. The number of halogens is 2. The Morgan fingerprint density at radius 1 is 1.24 bits per heavy atom. The van der Waals surface area contributed by atoms with E-state index in [1.807, 2.05) is 0 Å². The van der Waals surface area contributed by atoms with Gasteiger partial charge < -0.3 is 10.1 Å². The maximum absolute atomic E-state index is 14.4. The van der Waals surface area contributed by atoms with E-state index in [1.54, 1.807) is 0 Å². The smallest absolute Gasteiger partial charge is 0.134 e. The summed E-state index contributed by atoms with van der Waals surface area (Å²) >= 11 is 0. The van der Waals surface area contributed by atoms with E-state index in [9.17, 15) is 8.78 Å². The van der Waals surface area contributed by atoms with Gasteiger partial charge in [0.2, 0.25) is 0 Å². The van der Waals surface area contributed by atoms with Crippen LogP contribution in [0.2, 0.25) is 0 Å². The van der Waals surface area contributed by atoms with Gasteiger partial charge in [-0.1, -0.05) is 19.8 Å². The molecule has 1 aromatic carbocycles. The van der Waals surface area contributed by atoms with E-state index in [0.29, 0.717) is 0 Å². The molecule has 0 amide bonds. The molecule has 21 heavy (non-hydrogen) atoms. The first kappa shape index (κ1) is 16.2. The van der Waals surface area contributed by atoms with Crippen molar-refractivity contribution >= 4 is 0 Å². The van der Waals surface area contributed by atoms with Crippen LogP contribution in [-0.4, -0.2) is 38.2 Å². The van der Waals surface area contributed by atoms with Crippen LogP contribution in [0.1, 0.15) is 37.8 Å². The fraction of sp³-hybridized carbons (Fsp3) is 0.625. The number of hydrogen-bond donors (Lipinski definition) is 1. The number of nitrogens with zero attached hydrogens (tertiary/aromatic N) is 1. The maximum atomic E-state index is 14.4. The first-order valence-corrected chi connectivity index (χ1v) is 7.65. The van der Waals surface area contributed by atoms with E-state index in [2.05, 4.69) is 17.1 Å². The van der Waals surface area contributed by atoms with Crippen molar-refractivity contribution in [3.8, 4) is 5.75 Å². The number of nitrogens with one attached hydrogen (secondary N) is 1. The number of benzene rings is 1. The molecule has 5 heteroatoms. The first-order chi connectivity index (χ1) is 10.2. The van der Waals surface area contributed by atoms with Crippen LogP contribution in [0.4, 0.5) is 8.78 Å². The molecule has 0 aliphatic carbocycles. The van der Waals surface area contributed by atoms with Crippen LogP contribution < -0.4 is 10.1 Å².